The van der Waals surface area contributed by atoms with Crippen molar-refractivity contribution in [1.29, 1.82) is 0 Å². The van der Waals surface area contributed by atoms with Gasteiger partial charge in [0.15, 0.2) is 46.3 Å². The molecule has 0 N–H and O–H groups in total. The van der Waals surface area contributed by atoms with Crippen LogP contribution in [0.2, 0.25) is 0 Å². The van der Waals surface area contributed by atoms with Crippen LogP contribution >= 0.6 is 0 Å². The molecule has 0 spiro atoms. The highest BCUT2D eigenvalue weighted by Crippen LogP contribution is 2.73. The standard InChI is InChI=1S/C15H18.C14H24.2C12H8O2.C12H14.C10H12O2.C6H4O2.C4H8.8C2H6/c1-4-7-13-10-14(8-5-2)12-15(11-13)9-6-3;1-11-5-12(2)8-13(3,6-11)10-14(4,7-11)9-12;2*13-11-5-1-9(2-6-11)10-3-7-12(14)8-4-10;1-3-5-11-7-9-12(6-4-2)10-8-11;1-5-6(2)10(12)8(4)7(3)9(5)11;7-5-1-2-6(8)4-3-5;1-3-4-2;8*1-2/h4-12H,1-3H3;5-10H2,1-4H3;2*1-8H;3-10H,1-2H3;1-4H3;1-4H;3-4H,1-2H3;8*1-2H3/b7-4+,8-5+,9-6+;;;;5-3+,6-4+;;;4-3+;;;;;;;;. The van der Waals surface area contributed by atoms with E-state index in [0.29, 0.717) is 44.0 Å². The van der Waals surface area contributed by atoms with Gasteiger partial charge in [-0.3, -0.25) is 38.4 Å². The maximum absolute atomic E-state index is 11.4. The van der Waals surface area contributed by atoms with Crippen molar-refractivity contribution in [3.05, 3.63) is 279 Å². The van der Waals surface area contributed by atoms with Crippen molar-refractivity contribution in [3.63, 3.8) is 0 Å². The molecular formula is C101H144O8. The molecule has 0 aromatic heterocycles. The van der Waals surface area contributed by atoms with E-state index in [9.17, 15) is 38.4 Å². The number of allylic oxidation sites excluding steroid dienone is 35. The molecule has 109 heavy (non-hydrogen) atoms. The van der Waals surface area contributed by atoms with Crippen LogP contribution in [0.1, 0.15) is 281 Å². The third-order valence-electron chi connectivity index (χ3n) is 16.6. The predicted octanol–water partition coefficient (Wildman–Crippen LogP) is 28.1. The monoisotopic (exact) mass is 1490 g/mol. The number of ketones is 8. The van der Waals surface area contributed by atoms with Gasteiger partial charge in [0.25, 0.3) is 0 Å². The molecule has 0 atom stereocenters. The van der Waals surface area contributed by atoms with Gasteiger partial charge in [-0.25, -0.2) is 0 Å². The molecule has 2 aromatic rings. The third-order valence-corrected chi connectivity index (χ3v) is 16.6. The van der Waals surface area contributed by atoms with Crippen LogP contribution in [0, 0.1) is 21.7 Å². The third kappa shape index (κ3) is 42.8. The van der Waals surface area contributed by atoms with Gasteiger partial charge in [-0.1, -0.05) is 284 Å². The lowest BCUT2D eigenvalue weighted by Gasteiger charge is -2.68. The fourth-order valence-corrected chi connectivity index (χ4v) is 13.9. The first-order valence-corrected chi connectivity index (χ1v) is 40.0. The number of hydrogen-bond donors (Lipinski definition) is 0. The molecule has 12 rings (SSSR count). The number of carbonyl (C=O) groups is 8. The first-order valence-electron chi connectivity index (χ1n) is 40.0. The minimum Gasteiger partial charge on any atom is -0.290 e. The van der Waals surface area contributed by atoms with Crippen LogP contribution in [0.25, 0.3) is 30.4 Å². The summed E-state index contributed by atoms with van der Waals surface area (Å²) in [5.74, 6) is -0.254. The Morgan fingerprint density at radius 3 is 0.495 bits per heavy atom. The molecule has 8 nitrogen and oxygen atoms in total. The maximum Gasteiger partial charge on any atom is 0.185 e. The molecule has 596 valence electrons. The van der Waals surface area contributed by atoms with Crippen molar-refractivity contribution in [2.45, 2.75) is 253 Å². The SMILES string of the molecule is C/C=C/C.C/C=C/c1cc(/C=C/C)cc(/C=C/C)c1.C/C=C/c1ccc(/C=C/C)cc1.CC.CC.CC.CC.CC.CC.CC.CC.CC12CC3(C)CC(C)(C1)CC(C)(C2)C3.CC1=C(C)C(=O)C(C)=C(C)C1=O.O=C1C=CC(=C2C=CC(=O)C=C2)C=C1.O=C1C=CC(=C2C=CC(=O)C=C2)C=C1.O=C1C=CC(=O)C=C1. The summed E-state index contributed by atoms with van der Waals surface area (Å²) in [6.45, 7) is 63.2. The second-order valence-electron chi connectivity index (χ2n) is 25.8. The van der Waals surface area contributed by atoms with E-state index in [1.807, 2.05) is 184 Å². The first kappa shape index (κ1) is 108. The van der Waals surface area contributed by atoms with Gasteiger partial charge in [0.05, 0.1) is 0 Å². The fraction of sp³-hybridized carbons (Fsp3) is 0.406. The molecule has 4 saturated carbocycles. The highest BCUT2D eigenvalue weighted by Gasteiger charge is 2.62. The van der Waals surface area contributed by atoms with Crippen LogP contribution in [0.4, 0.5) is 0 Å². The summed E-state index contributed by atoms with van der Waals surface area (Å²) in [7, 11) is 0. The van der Waals surface area contributed by atoms with E-state index in [1.54, 1.807) is 76.3 Å². The van der Waals surface area contributed by atoms with Crippen LogP contribution in [0.5, 0.6) is 0 Å². The molecular weight excluding hydrogens is 1340 g/mol. The summed E-state index contributed by atoms with van der Waals surface area (Å²) in [4.78, 5) is 86.8. The van der Waals surface area contributed by atoms with E-state index in [2.05, 4.69) is 119 Å². The Morgan fingerprint density at radius 2 is 0.358 bits per heavy atom. The summed E-state index contributed by atoms with van der Waals surface area (Å²) in [6, 6.07) is 15.0. The van der Waals surface area contributed by atoms with Crippen LogP contribution in [-0.2, 0) is 38.4 Å². The minimum atomic E-state index is -0.121. The van der Waals surface area contributed by atoms with E-state index in [4.69, 9.17) is 0 Å². The van der Waals surface area contributed by atoms with Gasteiger partial charge in [0, 0.05) is 22.3 Å². The van der Waals surface area contributed by atoms with E-state index in [0.717, 1.165) is 22.3 Å². The van der Waals surface area contributed by atoms with Gasteiger partial charge in [-0.2, -0.15) is 0 Å². The molecule has 4 fully saturated rings. The Balaban J connectivity index is -0.000000372. The number of Topliss-reactive ketones (excluding diaryl/α,β-unsaturated/α-hetero) is 2. The Kier molecular flexibility index (Phi) is 62.0. The lowest BCUT2D eigenvalue weighted by atomic mass is 9.37. The van der Waals surface area contributed by atoms with Crippen molar-refractivity contribution in [2.75, 3.05) is 0 Å². The van der Waals surface area contributed by atoms with Gasteiger partial charge in [0.2, 0.25) is 0 Å². The molecule has 8 heteroatoms. The Hall–Kier alpha value is -9.40. The van der Waals surface area contributed by atoms with Gasteiger partial charge in [0.1, 0.15) is 0 Å². The second kappa shape index (κ2) is 62.5. The molecule has 10 aliphatic rings. The first-order chi connectivity index (χ1) is 52.1. The topological polar surface area (TPSA) is 137 Å². The number of carbonyl (C=O) groups excluding carboxylic acids is 8. The Bertz CT molecular complexity index is 3260. The average Bonchev–Trinajstić information content (AvgIpc) is 0.702. The van der Waals surface area contributed by atoms with Gasteiger partial charge < -0.3 is 0 Å². The zero-order valence-electron chi connectivity index (χ0n) is 73.5. The summed E-state index contributed by atoms with van der Waals surface area (Å²) >= 11 is 0. The molecule has 0 heterocycles. The zero-order valence-corrected chi connectivity index (χ0v) is 73.5. The summed E-state index contributed by atoms with van der Waals surface area (Å²) in [6.07, 6.45) is 65.0. The molecule has 0 amide bonds. The van der Waals surface area contributed by atoms with Crippen LogP contribution in [0.15, 0.2) is 251 Å². The molecule has 0 aliphatic heterocycles. The van der Waals surface area contributed by atoms with Crippen LogP contribution in [-0.4, -0.2) is 46.3 Å². The predicted molar refractivity (Wildman–Crippen MR) is 480 cm³/mol. The molecule has 10 aliphatic carbocycles. The number of hydrogen-bond acceptors (Lipinski definition) is 8. The normalized spacial score (nSPS) is 20.7. The van der Waals surface area contributed by atoms with Crippen molar-refractivity contribution in [3.8, 4) is 0 Å². The van der Waals surface area contributed by atoms with E-state index >= 15 is 0 Å². The quantitative estimate of drug-likeness (QED) is 0.213. The van der Waals surface area contributed by atoms with Gasteiger partial charge in [-0.05, 0) is 278 Å². The average molecular weight is 1490 g/mol. The zero-order chi connectivity index (χ0) is 84.9. The highest BCUT2D eigenvalue weighted by atomic mass is 16.2. The Labute approximate surface area is 665 Å². The molecule has 0 saturated heterocycles. The fourth-order valence-electron chi connectivity index (χ4n) is 13.9. The molecule has 0 radical (unpaired) electrons. The highest BCUT2D eigenvalue weighted by molar-refractivity contribution is 6.24. The molecule has 4 bridgehead atoms. The summed E-state index contributed by atoms with van der Waals surface area (Å²) < 4.78 is 0. The van der Waals surface area contributed by atoms with Crippen molar-refractivity contribution in [2.24, 2.45) is 21.7 Å². The molecule has 2 aromatic carbocycles. The van der Waals surface area contributed by atoms with Crippen molar-refractivity contribution >= 4 is 76.6 Å². The van der Waals surface area contributed by atoms with E-state index in [1.165, 1.54) is 139 Å². The number of rotatable bonds is 5. The minimum absolute atomic E-state index is 0.00426. The maximum atomic E-state index is 11.4. The second-order valence-corrected chi connectivity index (χ2v) is 25.8. The lowest BCUT2D eigenvalue weighted by Crippen LogP contribution is -2.57. The van der Waals surface area contributed by atoms with Crippen LogP contribution in [0.3, 0.4) is 0 Å². The van der Waals surface area contributed by atoms with Crippen molar-refractivity contribution < 1.29 is 38.4 Å². The smallest absolute Gasteiger partial charge is 0.185 e. The van der Waals surface area contributed by atoms with E-state index < -0.39 is 0 Å². The largest absolute Gasteiger partial charge is 0.290 e. The number of benzene rings is 2. The summed E-state index contributed by atoms with van der Waals surface area (Å²) in [5, 5.41) is 0. The van der Waals surface area contributed by atoms with Crippen LogP contribution < -0.4 is 0 Å². The van der Waals surface area contributed by atoms with E-state index in [-0.39, 0.29) is 46.3 Å². The van der Waals surface area contributed by atoms with Gasteiger partial charge >= 0.3 is 0 Å². The lowest BCUT2D eigenvalue weighted by molar-refractivity contribution is -0.176. The van der Waals surface area contributed by atoms with Gasteiger partial charge in [-0.15, -0.1) is 0 Å². The Morgan fingerprint density at radius 1 is 0.220 bits per heavy atom. The summed E-state index contributed by atoms with van der Waals surface area (Å²) in [5.41, 5.74) is 15.2. The van der Waals surface area contributed by atoms with Crippen molar-refractivity contribution in [1.82, 2.24) is 0 Å². The molecule has 0 unspecified atom stereocenters.